The topological polar surface area (TPSA) is 48.4 Å². The lowest BCUT2D eigenvalue weighted by molar-refractivity contribution is 0.0181. The molecule has 1 unspecified atom stereocenters. The van der Waals surface area contributed by atoms with Gasteiger partial charge in [0.15, 0.2) is 5.69 Å². The quantitative estimate of drug-likeness (QED) is 0.731. The van der Waals surface area contributed by atoms with Gasteiger partial charge in [-0.15, -0.1) is 0 Å². The molecule has 0 spiro atoms. The number of ether oxygens (including phenoxy) is 2. The van der Waals surface area contributed by atoms with Gasteiger partial charge in [0.05, 0.1) is 7.11 Å². The van der Waals surface area contributed by atoms with Crippen LogP contribution in [0.2, 0.25) is 0 Å². The van der Waals surface area contributed by atoms with Crippen LogP contribution in [0.25, 0.3) is 0 Å². The molecular formula is C12H15NO3. The van der Waals surface area contributed by atoms with Crippen molar-refractivity contribution in [1.82, 2.24) is 4.98 Å². The number of hydrogen-bond acceptors (Lipinski definition) is 4. The third kappa shape index (κ3) is 2.22. The lowest BCUT2D eigenvalue weighted by Gasteiger charge is -2.21. The second-order valence-corrected chi connectivity index (χ2v) is 3.77. The van der Waals surface area contributed by atoms with E-state index in [1.54, 1.807) is 18.3 Å². The van der Waals surface area contributed by atoms with Crippen molar-refractivity contribution in [2.75, 3.05) is 13.7 Å². The molecule has 1 aromatic heterocycles. The minimum absolute atomic E-state index is 0.0721. The molecule has 4 nitrogen and oxygen atoms in total. The summed E-state index contributed by atoms with van der Waals surface area (Å²) in [6, 6.07) is 3.49. The van der Waals surface area contributed by atoms with Gasteiger partial charge in [-0.3, -0.25) is 4.79 Å². The van der Waals surface area contributed by atoms with Crippen molar-refractivity contribution in [3.63, 3.8) is 0 Å². The lowest BCUT2D eigenvalue weighted by Crippen LogP contribution is -2.29. The number of ketones is 1. The minimum Gasteiger partial charge on any atom is -0.494 e. The maximum absolute atomic E-state index is 12.1. The van der Waals surface area contributed by atoms with Gasteiger partial charge >= 0.3 is 0 Å². The molecule has 0 aliphatic carbocycles. The van der Waals surface area contributed by atoms with Gasteiger partial charge in [-0.1, -0.05) is 0 Å². The summed E-state index contributed by atoms with van der Waals surface area (Å²) in [7, 11) is 1.54. The Morgan fingerprint density at radius 2 is 2.44 bits per heavy atom. The van der Waals surface area contributed by atoms with E-state index in [0.29, 0.717) is 18.1 Å². The van der Waals surface area contributed by atoms with Crippen LogP contribution >= 0.6 is 0 Å². The molecule has 1 aliphatic rings. The molecule has 1 aromatic rings. The fraction of sp³-hybridized carbons (Fsp3) is 0.500. The summed E-state index contributed by atoms with van der Waals surface area (Å²) in [5.41, 5.74) is 0.372. The fourth-order valence-electron chi connectivity index (χ4n) is 1.84. The smallest absolute Gasteiger partial charge is 0.213 e. The third-order valence-electron chi connectivity index (χ3n) is 2.70. The summed E-state index contributed by atoms with van der Waals surface area (Å²) in [6.45, 7) is 0.658. The summed E-state index contributed by atoms with van der Waals surface area (Å²) in [5, 5.41) is 0. The SMILES string of the molecule is COc1cccnc1C(=O)C1CCCCO1. The first-order valence-corrected chi connectivity index (χ1v) is 5.47. The number of Topliss-reactive ketones (excluding diaryl/α,β-unsaturated/α-hetero) is 1. The van der Waals surface area contributed by atoms with E-state index in [1.807, 2.05) is 0 Å². The average Bonchev–Trinajstić information content (AvgIpc) is 2.39. The minimum atomic E-state index is -0.349. The fourth-order valence-corrected chi connectivity index (χ4v) is 1.84. The zero-order valence-corrected chi connectivity index (χ0v) is 9.31. The van der Waals surface area contributed by atoms with E-state index >= 15 is 0 Å². The average molecular weight is 221 g/mol. The highest BCUT2D eigenvalue weighted by atomic mass is 16.5. The summed E-state index contributed by atoms with van der Waals surface area (Å²) in [4.78, 5) is 16.2. The van der Waals surface area contributed by atoms with Gasteiger partial charge in [-0.25, -0.2) is 4.98 Å². The van der Waals surface area contributed by atoms with Crippen LogP contribution in [-0.2, 0) is 4.74 Å². The highest BCUT2D eigenvalue weighted by Crippen LogP contribution is 2.21. The van der Waals surface area contributed by atoms with Gasteiger partial charge in [0.2, 0.25) is 5.78 Å². The number of aromatic nitrogens is 1. The van der Waals surface area contributed by atoms with Gasteiger partial charge in [-0.05, 0) is 31.4 Å². The van der Waals surface area contributed by atoms with E-state index in [-0.39, 0.29) is 11.9 Å². The largest absolute Gasteiger partial charge is 0.494 e. The molecular weight excluding hydrogens is 206 g/mol. The zero-order chi connectivity index (χ0) is 11.4. The van der Waals surface area contributed by atoms with Crippen LogP contribution in [0.1, 0.15) is 29.8 Å². The van der Waals surface area contributed by atoms with Crippen molar-refractivity contribution in [1.29, 1.82) is 0 Å². The summed E-state index contributed by atoms with van der Waals surface area (Å²) < 4.78 is 10.6. The summed E-state index contributed by atoms with van der Waals surface area (Å²) >= 11 is 0. The first-order valence-electron chi connectivity index (χ1n) is 5.47. The van der Waals surface area contributed by atoms with E-state index in [1.165, 1.54) is 7.11 Å². The van der Waals surface area contributed by atoms with E-state index in [9.17, 15) is 4.79 Å². The molecule has 2 heterocycles. The number of hydrogen-bond donors (Lipinski definition) is 0. The van der Waals surface area contributed by atoms with Crippen LogP contribution in [0.4, 0.5) is 0 Å². The van der Waals surface area contributed by atoms with Crippen molar-refractivity contribution >= 4 is 5.78 Å². The molecule has 2 rings (SSSR count). The standard InChI is InChI=1S/C12H15NO3/c1-15-9-6-4-7-13-11(9)12(14)10-5-2-3-8-16-10/h4,6-7,10H,2-3,5,8H2,1H3. The number of pyridine rings is 1. The molecule has 0 bridgehead atoms. The molecule has 0 aromatic carbocycles. The molecule has 0 radical (unpaired) electrons. The molecule has 1 atom stereocenters. The number of rotatable bonds is 3. The van der Waals surface area contributed by atoms with E-state index in [0.717, 1.165) is 19.3 Å². The van der Waals surface area contributed by atoms with E-state index < -0.39 is 0 Å². The molecule has 4 heteroatoms. The van der Waals surface area contributed by atoms with Gasteiger partial charge in [0.25, 0.3) is 0 Å². The molecule has 1 fully saturated rings. The van der Waals surface area contributed by atoms with Gasteiger partial charge < -0.3 is 9.47 Å². The van der Waals surface area contributed by atoms with Gasteiger partial charge in [0, 0.05) is 12.8 Å². The first kappa shape index (κ1) is 11.1. The molecule has 1 saturated heterocycles. The van der Waals surface area contributed by atoms with Crippen molar-refractivity contribution in [2.45, 2.75) is 25.4 Å². The van der Waals surface area contributed by atoms with E-state index in [2.05, 4.69) is 4.98 Å². The Morgan fingerprint density at radius 1 is 1.56 bits per heavy atom. The monoisotopic (exact) mass is 221 g/mol. The predicted octanol–water partition coefficient (Wildman–Crippen LogP) is 1.84. The van der Waals surface area contributed by atoms with Crippen LogP contribution in [0.15, 0.2) is 18.3 Å². The van der Waals surface area contributed by atoms with E-state index in [4.69, 9.17) is 9.47 Å². The summed E-state index contributed by atoms with van der Waals surface area (Å²) in [6.07, 6.45) is 4.09. The highest BCUT2D eigenvalue weighted by Gasteiger charge is 2.26. The Kier molecular flexibility index (Phi) is 3.51. The van der Waals surface area contributed by atoms with Crippen LogP contribution in [0.5, 0.6) is 5.75 Å². The maximum atomic E-state index is 12.1. The van der Waals surface area contributed by atoms with Crippen molar-refractivity contribution in [3.05, 3.63) is 24.0 Å². The molecule has 0 N–H and O–H groups in total. The summed E-state index contributed by atoms with van der Waals surface area (Å²) in [5.74, 6) is 0.443. The second kappa shape index (κ2) is 5.07. The molecule has 16 heavy (non-hydrogen) atoms. The number of carbonyl (C=O) groups excluding carboxylic acids is 1. The lowest BCUT2D eigenvalue weighted by atomic mass is 10.0. The van der Waals surface area contributed by atoms with Crippen molar-refractivity contribution in [3.8, 4) is 5.75 Å². The van der Waals surface area contributed by atoms with Crippen LogP contribution < -0.4 is 4.74 Å². The van der Waals surface area contributed by atoms with Crippen molar-refractivity contribution in [2.24, 2.45) is 0 Å². The Bertz CT molecular complexity index is 372. The number of carbonyl (C=O) groups is 1. The Morgan fingerprint density at radius 3 is 3.12 bits per heavy atom. The number of nitrogens with zero attached hydrogens (tertiary/aromatic N) is 1. The van der Waals surface area contributed by atoms with Gasteiger partial charge in [-0.2, -0.15) is 0 Å². The Balaban J connectivity index is 2.19. The van der Waals surface area contributed by atoms with Crippen LogP contribution in [0.3, 0.4) is 0 Å². The number of methoxy groups -OCH3 is 1. The predicted molar refractivity (Wildman–Crippen MR) is 58.7 cm³/mol. The highest BCUT2D eigenvalue weighted by molar-refractivity contribution is 6.00. The Hall–Kier alpha value is -1.42. The molecule has 0 saturated carbocycles. The van der Waals surface area contributed by atoms with Crippen molar-refractivity contribution < 1.29 is 14.3 Å². The molecule has 0 amide bonds. The maximum Gasteiger partial charge on any atom is 0.213 e. The second-order valence-electron chi connectivity index (χ2n) is 3.77. The zero-order valence-electron chi connectivity index (χ0n) is 9.31. The normalized spacial score (nSPS) is 20.4. The Labute approximate surface area is 94.6 Å². The van der Waals surface area contributed by atoms with Crippen LogP contribution in [0, 0.1) is 0 Å². The van der Waals surface area contributed by atoms with Crippen LogP contribution in [-0.4, -0.2) is 30.6 Å². The molecule has 86 valence electrons. The third-order valence-corrected chi connectivity index (χ3v) is 2.70. The molecule has 1 aliphatic heterocycles. The van der Waals surface area contributed by atoms with Gasteiger partial charge in [0.1, 0.15) is 11.9 Å². The first-order chi connectivity index (χ1) is 7.83.